The number of pyridine rings is 1. The van der Waals surface area contributed by atoms with Gasteiger partial charge in [-0.25, -0.2) is 9.78 Å². The van der Waals surface area contributed by atoms with Crippen LogP contribution in [-0.2, 0) is 11.5 Å². The second-order valence-corrected chi connectivity index (χ2v) is 15.4. The monoisotopic (exact) mass is 492 g/mol. The van der Waals surface area contributed by atoms with Crippen LogP contribution in [0.2, 0.25) is 25.7 Å². The lowest BCUT2D eigenvalue weighted by Crippen LogP contribution is -2.22. The number of aromatic nitrogens is 3. The average molecular weight is 493 g/mol. The van der Waals surface area contributed by atoms with E-state index in [0.29, 0.717) is 34.8 Å². The average Bonchev–Trinajstić information content (AvgIpc) is 3.41. The molecule has 1 aromatic carbocycles. The van der Waals surface area contributed by atoms with E-state index in [9.17, 15) is 20.0 Å². The zero-order valence-corrected chi connectivity index (χ0v) is 21.2. The first-order valence-corrected chi connectivity index (χ1v) is 15.0. The third kappa shape index (κ3) is 5.03. The molecule has 3 heterocycles. The summed E-state index contributed by atoms with van der Waals surface area (Å²) in [5, 5.41) is 22.5. The maximum Gasteiger partial charge on any atom is 0.337 e. The number of H-pyrrole nitrogens is 1. The van der Waals surface area contributed by atoms with Crippen molar-refractivity contribution in [2.45, 2.75) is 39.3 Å². The van der Waals surface area contributed by atoms with Gasteiger partial charge in [0.25, 0.3) is 5.69 Å². The number of benzene rings is 1. The first kappa shape index (κ1) is 24.4. The summed E-state index contributed by atoms with van der Waals surface area (Å²) in [5.74, 6) is -1.12. The van der Waals surface area contributed by atoms with Gasteiger partial charge in [0.2, 0.25) is 0 Å². The molecule has 9 nitrogen and oxygen atoms in total. The molecule has 0 aliphatic heterocycles. The molecule has 0 fully saturated rings. The van der Waals surface area contributed by atoms with Crippen molar-refractivity contribution in [1.82, 2.24) is 14.5 Å². The zero-order valence-electron chi connectivity index (χ0n) is 20.2. The summed E-state index contributed by atoms with van der Waals surface area (Å²) in [6.45, 7) is 9.09. The van der Waals surface area contributed by atoms with Gasteiger partial charge < -0.3 is 19.4 Å². The Kier molecular flexibility index (Phi) is 6.59. The number of fused-ring (bicyclic) bond motifs is 1. The van der Waals surface area contributed by atoms with Crippen molar-refractivity contribution in [3.63, 3.8) is 0 Å². The smallest absolute Gasteiger partial charge is 0.337 e. The number of rotatable bonds is 9. The number of nitrogens with one attached hydrogen (secondary N) is 1. The van der Waals surface area contributed by atoms with Gasteiger partial charge >= 0.3 is 5.97 Å². The van der Waals surface area contributed by atoms with Gasteiger partial charge in [-0.1, -0.05) is 31.8 Å². The molecule has 0 amide bonds. The third-order valence-corrected chi connectivity index (χ3v) is 7.66. The van der Waals surface area contributed by atoms with E-state index in [0.717, 1.165) is 17.0 Å². The highest BCUT2D eigenvalue weighted by molar-refractivity contribution is 6.76. The van der Waals surface area contributed by atoms with Gasteiger partial charge in [-0.05, 0) is 31.2 Å². The van der Waals surface area contributed by atoms with Crippen LogP contribution >= 0.6 is 0 Å². The summed E-state index contributed by atoms with van der Waals surface area (Å²) < 4.78 is 7.85. The Morgan fingerprint density at radius 3 is 2.69 bits per heavy atom. The predicted octanol–water partition coefficient (Wildman–Crippen LogP) is 5.93. The second-order valence-electron chi connectivity index (χ2n) is 9.73. The fraction of sp³-hybridized carbons (Fsp3) is 0.280. The van der Waals surface area contributed by atoms with Gasteiger partial charge in [-0.15, -0.1) is 0 Å². The van der Waals surface area contributed by atoms with Crippen molar-refractivity contribution in [3.05, 3.63) is 70.0 Å². The highest BCUT2D eigenvalue weighted by Gasteiger charge is 2.25. The fourth-order valence-corrected chi connectivity index (χ4v) is 4.81. The van der Waals surface area contributed by atoms with Crippen molar-refractivity contribution in [2.75, 3.05) is 6.61 Å². The Bertz CT molecular complexity index is 1420. The van der Waals surface area contributed by atoms with Crippen LogP contribution in [0.4, 0.5) is 5.69 Å². The Morgan fingerprint density at radius 2 is 2.00 bits per heavy atom. The number of hydrogen-bond acceptors (Lipinski definition) is 5. The molecule has 0 aliphatic carbocycles. The first-order chi connectivity index (χ1) is 16.6. The van der Waals surface area contributed by atoms with E-state index < -0.39 is 19.0 Å². The lowest BCUT2D eigenvalue weighted by Gasteiger charge is -2.18. The molecular weight excluding hydrogens is 464 g/mol. The number of nitro groups is 1. The molecule has 4 aromatic rings. The summed E-state index contributed by atoms with van der Waals surface area (Å²) in [4.78, 5) is 30.9. The number of hydrogen-bond donors (Lipinski definition) is 2. The lowest BCUT2D eigenvalue weighted by atomic mass is 10.0. The third-order valence-electron chi connectivity index (χ3n) is 5.96. The van der Waals surface area contributed by atoms with Crippen LogP contribution < -0.4 is 0 Å². The van der Waals surface area contributed by atoms with Gasteiger partial charge in [0.15, 0.2) is 0 Å². The van der Waals surface area contributed by atoms with Gasteiger partial charge in [0, 0.05) is 55.2 Å². The van der Waals surface area contributed by atoms with Crippen LogP contribution in [0.5, 0.6) is 0 Å². The minimum absolute atomic E-state index is 0.0486. The molecule has 0 aliphatic rings. The molecule has 35 heavy (non-hydrogen) atoms. The van der Waals surface area contributed by atoms with Gasteiger partial charge in [0.1, 0.15) is 12.4 Å². The molecule has 0 saturated heterocycles. The number of carboxylic acid groups (broad SMARTS) is 1. The van der Waals surface area contributed by atoms with Crippen molar-refractivity contribution < 1.29 is 19.6 Å². The van der Waals surface area contributed by atoms with Gasteiger partial charge in [-0.3, -0.25) is 10.1 Å². The maximum absolute atomic E-state index is 12.4. The summed E-state index contributed by atoms with van der Waals surface area (Å²) in [6, 6.07) is 11.1. The molecule has 0 radical (unpaired) electrons. The highest BCUT2D eigenvalue weighted by atomic mass is 28.3. The summed E-state index contributed by atoms with van der Waals surface area (Å²) in [7, 11) is -1.33. The summed E-state index contributed by atoms with van der Waals surface area (Å²) in [5.41, 5.74) is 3.41. The Morgan fingerprint density at radius 1 is 1.23 bits per heavy atom. The normalized spacial score (nSPS) is 11.8. The van der Waals surface area contributed by atoms with Crippen LogP contribution in [0.25, 0.3) is 33.5 Å². The molecule has 10 heteroatoms. The van der Waals surface area contributed by atoms with E-state index in [1.54, 1.807) is 42.1 Å². The lowest BCUT2D eigenvalue weighted by molar-refractivity contribution is -0.385. The highest BCUT2D eigenvalue weighted by Crippen LogP contribution is 2.37. The van der Waals surface area contributed by atoms with E-state index in [1.165, 1.54) is 6.07 Å². The van der Waals surface area contributed by atoms with Gasteiger partial charge in [0.05, 0.1) is 21.9 Å². The number of carbonyl (C=O) groups is 1. The Hall–Kier alpha value is -3.76. The molecular formula is C25H28N4O5Si. The molecule has 0 bridgehead atoms. The van der Waals surface area contributed by atoms with Crippen molar-refractivity contribution in [2.24, 2.45) is 0 Å². The van der Waals surface area contributed by atoms with E-state index in [4.69, 9.17) is 4.74 Å². The summed E-state index contributed by atoms with van der Waals surface area (Å²) in [6.07, 6.45) is 3.44. The number of aryl methyl sites for hydroxylation is 1. The number of carboxylic acids is 1. The maximum atomic E-state index is 12.4. The minimum atomic E-state index is -1.33. The molecule has 0 atom stereocenters. The first-order valence-electron chi connectivity index (χ1n) is 11.3. The van der Waals surface area contributed by atoms with Crippen molar-refractivity contribution >= 4 is 30.8 Å². The predicted molar refractivity (Wildman–Crippen MR) is 137 cm³/mol. The van der Waals surface area contributed by atoms with E-state index in [2.05, 4.69) is 29.6 Å². The fourth-order valence-electron chi connectivity index (χ4n) is 4.05. The Balaban J connectivity index is 1.92. The Labute approximate surface area is 203 Å². The molecule has 0 spiro atoms. The quantitative estimate of drug-likeness (QED) is 0.129. The van der Waals surface area contributed by atoms with Crippen LogP contribution in [0.3, 0.4) is 0 Å². The van der Waals surface area contributed by atoms with Crippen molar-refractivity contribution in [3.8, 4) is 22.5 Å². The number of ether oxygens (including phenoxy) is 1. The second kappa shape index (κ2) is 9.47. The van der Waals surface area contributed by atoms with Crippen LogP contribution in [0.15, 0.2) is 48.8 Å². The molecule has 2 N–H and O–H groups in total. The topological polar surface area (TPSA) is 123 Å². The molecule has 0 unspecified atom stereocenters. The molecule has 4 rings (SSSR count). The minimum Gasteiger partial charge on any atom is -0.478 e. The standard InChI is InChI=1S/C25H28N4O5Si/c1-16-5-6-17(13-21(16)29(32)33)23-20(25(30)31)14-22(28(23)15-34-11-12-35(2,3)4)18-7-9-26-24-19(18)8-10-27-24/h5-10,13-14H,11-12,15H2,1-4H3,(H,26,27)(H,30,31). The largest absolute Gasteiger partial charge is 0.478 e. The zero-order chi connectivity index (χ0) is 25.3. The molecule has 3 aromatic heterocycles. The number of aromatic carboxylic acids is 1. The number of aromatic amines is 1. The van der Waals surface area contributed by atoms with Gasteiger partial charge in [-0.2, -0.15) is 0 Å². The van der Waals surface area contributed by atoms with Crippen LogP contribution in [0.1, 0.15) is 15.9 Å². The van der Waals surface area contributed by atoms with Crippen LogP contribution in [0, 0.1) is 17.0 Å². The van der Waals surface area contributed by atoms with E-state index >= 15 is 0 Å². The molecule has 0 saturated carbocycles. The van der Waals surface area contributed by atoms with Crippen LogP contribution in [-0.4, -0.2) is 45.2 Å². The number of nitro benzene ring substituents is 1. The molecule has 182 valence electrons. The summed E-state index contributed by atoms with van der Waals surface area (Å²) >= 11 is 0. The number of nitrogens with zero attached hydrogens (tertiary/aromatic N) is 3. The van der Waals surface area contributed by atoms with E-state index in [-0.39, 0.29) is 18.0 Å². The van der Waals surface area contributed by atoms with Crippen molar-refractivity contribution in [1.29, 1.82) is 0 Å². The van der Waals surface area contributed by atoms with E-state index in [1.807, 2.05) is 12.1 Å². The SMILES string of the molecule is Cc1ccc(-c2c(C(=O)O)cc(-c3ccnc4[nH]ccc34)n2COCC[Si](C)(C)C)cc1[N+](=O)[O-].